The summed E-state index contributed by atoms with van der Waals surface area (Å²) in [5.41, 5.74) is 0.904. The first-order chi connectivity index (χ1) is 9.67. The van der Waals surface area contributed by atoms with Gasteiger partial charge in [0.15, 0.2) is 5.16 Å². The molecule has 0 atom stereocenters. The highest BCUT2D eigenvalue weighted by Gasteiger charge is 2.12. The molecule has 0 unspecified atom stereocenters. The van der Waals surface area contributed by atoms with E-state index in [1.807, 2.05) is 31.2 Å². The average molecular weight is 292 g/mol. The summed E-state index contributed by atoms with van der Waals surface area (Å²) >= 11 is 1.49. The molecule has 0 amide bonds. The van der Waals surface area contributed by atoms with E-state index in [4.69, 9.17) is 0 Å². The molecule has 20 heavy (non-hydrogen) atoms. The smallest absolute Gasteiger partial charge is 0.191 e. The molecule has 1 heterocycles. The number of nitrogens with zero attached hydrogens (tertiary/aromatic N) is 3. The Bertz CT molecular complexity index is 552. The number of benzene rings is 1. The van der Waals surface area contributed by atoms with Gasteiger partial charge in [0.05, 0.1) is 0 Å². The first-order valence-corrected chi connectivity index (χ1v) is 7.54. The Kier molecular flexibility index (Phi) is 4.79. The summed E-state index contributed by atoms with van der Waals surface area (Å²) in [5.74, 6) is 1.32. The molecule has 4 nitrogen and oxygen atoms in total. The third kappa shape index (κ3) is 3.19. The molecule has 0 bridgehead atoms. The number of hydrogen-bond acceptors (Lipinski definition) is 5. The van der Waals surface area contributed by atoms with Crippen LogP contribution in [0.15, 0.2) is 35.5 Å². The highest BCUT2D eigenvalue weighted by Crippen LogP contribution is 2.26. The molecule has 0 fully saturated rings. The predicted molar refractivity (Wildman–Crippen MR) is 82.4 cm³/mol. The van der Waals surface area contributed by atoms with Crippen LogP contribution in [0, 0.1) is 5.82 Å². The van der Waals surface area contributed by atoms with E-state index in [0.717, 1.165) is 23.9 Å². The van der Waals surface area contributed by atoms with Crippen LogP contribution in [-0.4, -0.2) is 29.8 Å². The highest BCUT2D eigenvalue weighted by atomic mass is 32.2. The summed E-state index contributed by atoms with van der Waals surface area (Å²) in [7, 11) is 1.82. The van der Waals surface area contributed by atoms with Crippen LogP contribution < -0.4 is 10.2 Å². The van der Waals surface area contributed by atoms with Crippen molar-refractivity contribution < 1.29 is 4.39 Å². The van der Waals surface area contributed by atoms with E-state index in [2.05, 4.69) is 15.3 Å². The second kappa shape index (κ2) is 6.56. The van der Waals surface area contributed by atoms with Crippen LogP contribution in [0.4, 0.5) is 21.7 Å². The minimum Gasteiger partial charge on any atom is -0.373 e. The third-order valence-electron chi connectivity index (χ3n) is 2.86. The van der Waals surface area contributed by atoms with E-state index in [-0.39, 0.29) is 5.82 Å². The van der Waals surface area contributed by atoms with Crippen LogP contribution in [0.25, 0.3) is 0 Å². The molecule has 0 radical (unpaired) electrons. The van der Waals surface area contributed by atoms with Crippen molar-refractivity contribution in [2.45, 2.75) is 12.1 Å². The van der Waals surface area contributed by atoms with Gasteiger partial charge in [-0.15, -0.1) is 0 Å². The van der Waals surface area contributed by atoms with Crippen molar-refractivity contribution in [2.75, 3.05) is 30.1 Å². The number of rotatable bonds is 5. The summed E-state index contributed by atoms with van der Waals surface area (Å²) in [6.45, 7) is 2.77. The van der Waals surface area contributed by atoms with E-state index in [0.29, 0.717) is 5.16 Å². The van der Waals surface area contributed by atoms with Crippen LogP contribution in [0.1, 0.15) is 6.92 Å². The van der Waals surface area contributed by atoms with Crippen LogP contribution in [0.2, 0.25) is 0 Å². The zero-order valence-corrected chi connectivity index (χ0v) is 12.5. The van der Waals surface area contributed by atoms with Gasteiger partial charge in [0.1, 0.15) is 17.5 Å². The van der Waals surface area contributed by atoms with Crippen molar-refractivity contribution in [2.24, 2.45) is 0 Å². The molecule has 106 valence electrons. The van der Waals surface area contributed by atoms with E-state index >= 15 is 0 Å². The Morgan fingerprint density at radius 1 is 1.25 bits per heavy atom. The second-order valence-electron chi connectivity index (χ2n) is 4.07. The summed E-state index contributed by atoms with van der Waals surface area (Å²) in [4.78, 5) is 10.9. The van der Waals surface area contributed by atoms with Gasteiger partial charge in [-0.3, -0.25) is 0 Å². The molecular weight excluding hydrogens is 275 g/mol. The Hall–Kier alpha value is -1.82. The number of anilines is 3. The minimum absolute atomic E-state index is 0.242. The molecule has 1 aromatic heterocycles. The summed E-state index contributed by atoms with van der Waals surface area (Å²) < 4.78 is 13.0. The molecule has 0 aliphatic carbocycles. The first kappa shape index (κ1) is 14.6. The summed E-state index contributed by atoms with van der Waals surface area (Å²) in [6.07, 6.45) is 1.94. The lowest BCUT2D eigenvalue weighted by atomic mass is 10.2. The zero-order chi connectivity index (χ0) is 14.5. The minimum atomic E-state index is -0.242. The normalized spacial score (nSPS) is 10.4. The topological polar surface area (TPSA) is 41.0 Å². The highest BCUT2D eigenvalue weighted by molar-refractivity contribution is 7.98. The molecule has 2 aromatic rings. The largest absolute Gasteiger partial charge is 0.373 e. The molecule has 0 aliphatic heterocycles. The summed E-state index contributed by atoms with van der Waals surface area (Å²) in [6, 6.07) is 8.28. The van der Waals surface area contributed by atoms with Crippen molar-refractivity contribution in [3.05, 3.63) is 36.1 Å². The lowest BCUT2D eigenvalue weighted by Gasteiger charge is -2.22. The van der Waals surface area contributed by atoms with Crippen LogP contribution in [0.3, 0.4) is 0 Å². The molecule has 0 saturated carbocycles. The van der Waals surface area contributed by atoms with Gasteiger partial charge >= 0.3 is 0 Å². The second-order valence-corrected chi connectivity index (χ2v) is 4.84. The fraction of sp³-hybridized carbons (Fsp3) is 0.286. The monoisotopic (exact) mass is 292 g/mol. The number of halogens is 1. The predicted octanol–water partition coefficient (Wildman–Crippen LogP) is 3.54. The maximum absolute atomic E-state index is 13.0. The third-order valence-corrected chi connectivity index (χ3v) is 3.41. The lowest BCUT2D eigenvalue weighted by Crippen LogP contribution is -2.18. The number of nitrogens with one attached hydrogen (secondary N) is 1. The number of aromatic nitrogens is 2. The standard InChI is InChI=1S/C14H17FN4S/c1-4-19(11-7-5-10(15)6-8-11)13-9-12(16-2)17-14(18-13)20-3/h5-9H,4H2,1-3H3,(H,16,17,18). The average Bonchev–Trinajstić information content (AvgIpc) is 2.49. The summed E-state index contributed by atoms with van der Waals surface area (Å²) in [5, 5.41) is 3.73. The number of hydrogen-bond donors (Lipinski definition) is 1. The fourth-order valence-corrected chi connectivity index (χ4v) is 2.24. The quantitative estimate of drug-likeness (QED) is 0.674. The molecule has 1 N–H and O–H groups in total. The van der Waals surface area contributed by atoms with Gasteiger partial charge < -0.3 is 10.2 Å². The Morgan fingerprint density at radius 2 is 1.95 bits per heavy atom. The molecular formula is C14H17FN4S. The van der Waals surface area contributed by atoms with E-state index in [1.54, 1.807) is 12.1 Å². The van der Waals surface area contributed by atoms with E-state index in [9.17, 15) is 4.39 Å². The van der Waals surface area contributed by atoms with Crippen molar-refractivity contribution in [3.8, 4) is 0 Å². The Morgan fingerprint density at radius 3 is 2.50 bits per heavy atom. The molecule has 6 heteroatoms. The van der Waals surface area contributed by atoms with Crippen molar-refractivity contribution in [3.63, 3.8) is 0 Å². The molecule has 0 aliphatic rings. The Labute approximate surface area is 122 Å². The van der Waals surface area contributed by atoms with Gasteiger partial charge in [-0.2, -0.15) is 0 Å². The first-order valence-electron chi connectivity index (χ1n) is 6.32. The van der Waals surface area contributed by atoms with E-state index in [1.165, 1.54) is 23.9 Å². The molecule has 2 rings (SSSR count). The fourth-order valence-electron chi connectivity index (χ4n) is 1.87. The van der Waals surface area contributed by atoms with Gasteiger partial charge in [0.25, 0.3) is 0 Å². The Balaban J connectivity index is 2.42. The molecule has 1 aromatic carbocycles. The SMILES string of the molecule is CCN(c1ccc(F)cc1)c1cc(NC)nc(SC)n1. The van der Waals surface area contributed by atoms with E-state index < -0.39 is 0 Å². The maximum Gasteiger partial charge on any atom is 0.191 e. The van der Waals surface area contributed by atoms with Gasteiger partial charge in [-0.25, -0.2) is 14.4 Å². The molecule has 0 spiro atoms. The van der Waals surface area contributed by atoms with Gasteiger partial charge in [0, 0.05) is 25.3 Å². The maximum atomic E-state index is 13.0. The van der Waals surface area contributed by atoms with Crippen LogP contribution >= 0.6 is 11.8 Å². The van der Waals surface area contributed by atoms with Crippen LogP contribution in [-0.2, 0) is 0 Å². The van der Waals surface area contributed by atoms with Gasteiger partial charge in [0.2, 0.25) is 0 Å². The van der Waals surface area contributed by atoms with Crippen molar-refractivity contribution in [1.29, 1.82) is 0 Å². The number of thioether (sulfide) groups is 1. The molecule has 0 saturated heterocycles. The van der Waals surface area contributed by atoms with Crippen molar-refractivity contribution >= 4 is 29.1 Å². The van der Waals surface area contributed by atoms with Crippen molar-refractivity contribution in [1.82, 2.24) is 9.97 Å². The lowest BCUT2D eigenvalue weighted by molar-refractivity contribution is 0.627. The van der Waals surface area contributed by atoms with Gasteiger partial charge in [-0.1, -0.05) is 11.8 Å². The van der Waals surface area contributed by atoms with Crippen LogP contribution in [0.5, 0.6) is 0 Å². The van der Waals surface area contributed by atoms with Gasteiger partial charge in [-0.05, 0) is 37.4 Å². The zero-order valence-electron chi connectivity index (χ0n) is 11.7.